The fourth-order valence-corrected chi connectivity index (χ4v) is 2.57. The molecule has 2 rings (SSSR count). The van der Waals surface area contributed by atoms with Crippen molar-refractivity contribution in [1.29, 1.82) is 0 Å². The molecule has 2 atom stereocenters. The first kappa shape index (κ1) is 9.75. The minimum atomic E-state index is -0.327. The molecule has 1 aliphatic carbocycles. The molecule has 1 saturated carbocycles. The molecule has 2 aliphatic rings. The number of ether oxygens (including phenoxy) is 2. The predicted octanol–water partition coefficient (Wildman–Crippen LogP) is 2.55. The lowest BCUT2D eigenvalue weighted by Crippen LogP contribution is -2.41. The second-order valence-corrected chi connectivity index (χ2v) is 5.00. The Bertz CT molecular complexity index is 205. The van der Waals surface area contributed by atoms with Crippen molar-refractivity contribution in [3.05, 3.63) is 0 Å². The molecule has 0 aromatic rings. The van der Waals surface area contributed by atoms with Crippen molar-refractivity contribution in [2.75, 3.05) is 12.5 Å². The van der Waals surface area contributed by atoms with E-state index in [1.165, 1.54) is 12.8 Å². The number of halogens is 1. The topological polar surface area (TPSA) is 18.5 Å². The predicted molar refractivity (Wildman–Crippen MR) is 51.9 cm³/mol. The average molecular weight is 205 g/mol. The van der Waals surface area contributed by atoms with Gasteiger partial charge in [-0.2, -0.15) is 0 Å². The summed E-state index contributed by atoms with van der Waals surface area (Å²) in [5, 5.41) is 0. The Hall–Kier alpha value is 0.210. The van der Waals surface area contributed by atoms with Crippen LogP contribution in [-0.2, 0) is 9.47 Å². The van der Waals surface area contributed by atoms with Crippen LogP contribution >= 0.6 is 11.6 Å². The molecule has 0 N–H and O–H groups in total. The molecule has 0 aromatic heterocycles. The molecule has 76 valence electrons. The van der Waals surface area contributed by atoms with E-state index < -0.39 is 0 Å². The molecule has 13 heavy (non-hydrogen) atoms. The van der Waals surface area contributed by atoms with Crippen molar-refractivity contribution in [2.45, 2.75) is 45.0 Å². The van der Waals surface area contributed by atoms with Crippen LogP contribution in [0.3, 0.4) is 0 Å². The third-order valence-electron chi connectivity index (χ3n) is 3.37. The van der Waals surface area contributed by atoms with Gasteiger partial charge < -0.3 is 9.47 Å². The van der Waals surface area contributed by atoms with E-state index in [9.17, 15) is 0 Å². The normalized spacial score (nSPS) is 43.2. The van der Waals surface area contributed by atoms with Crippen LogP contribution in [0, 0.1) is 5.41 Å². The minimum absolute atomic E-state index is 0.0963. The van der Waals surface area contributed by atoms with Gasteiger partial charge in [-0.05, 0) is 12.8 Å². The van der Waals surface area contributed by atoms with E-state index in [0.29, 0.717) is 12.5 Å². The third kappa shape index (κ3) is 1.39. The summed E-state index contributed by atoms with van der Waals surface area (Å²) in [6.45, 7) is 5.10. The van der Waals surface area contributed by atoms with Gasteiger partial charge in [-0.25, -0.2) is 0 Å². The summed E-state index contributed by atoms with van der Waals surface area (Å²) < 4.78 is 11.7. The molecule has 1 spiro atoms. The summed E-state index contributed by atoms with van der Waals surface area (Å²) in [6, 6.07) is 0. The Morgan fingerprint density at radius 2 is 2.15 bits per heavy atom. The number of hydrogen-bond donors (Lipinski definition) is 0. The van der Waals surface area contributed by atoms with Crippen LogP contribution in [0.2, 0.25) is 0 Å². The fraction of sp³-hybridized carbons (Fsp3) is 1.00. The molecular formula is C10H17ClO2. The van der Waals surface area contributed by atoms with Crippen LogP contribution in [0.15, 0.2) is 0 Å². The van der Waals surface area contributed by atoms with Crippen molar-refractivity contribution in [1.82, 2.24) is 0 Å². The highest BCUT2D eigenvalue weighted by atomic mass is 35.5. The molecule has 0 amide bonds. The van der Waals surface area contributed by atoms with Crippen LogP contribution in [0.25, 0.3) is 0 Å². The molecule has 1 heterocycles. The van der Waals surface area contributed by atoms with Gasteiger partial charge in [-0.15, -0.1) is 11.6 Å². The van der Waals surface area contributed by atoms with Gasteiger partial charge in [0.05, 0.1) is 18.6 Å². The Balaban J connectivity index is 2.13. The first-order valence-corrected chi connectivity index (χ1v) is 5.51. The van der Waals surface area contributed by atoms with Crippen LogP contribution in [0.4, 0.5) is 0 Å². The van der Waals surface area contributed by atoms with Gasteiger partial charge in [-0.1, -0.05) is 13.8 Å². The van der Waals surface area contributed by atoms with Gasteiger partial charge >= 0.3 is 0 Å². The highest BCUT2D eigenvalue weighted by Gasteiger charge is 2.55. The second kappa shape index (κ2) is 3.11. The Morgan fingerprint density at radius 1 is 1.38 bits per heavy atom. The molecule has 0 radical (unpaired) electrons. The summed E-state index contributed by atoms with van der Waals surface area (Å²) in [5.74, 6) is 0.213. The molecule has 2 fully saturated rings. The van der Waals surface area contributed by atoms with Crippen LogP contribution < -0.4 is 0 Å². The first-order chi connectivity index (χ1) is 6.10. The number of alkyl halides is 1. The zero-order valence-electron chi connectivity index (χ0n) is 8.31. The van der Waals surface area contributed by atoms with E-state index in [-0.39, 0.29) is 17.3 Å². The van der Waals surface area contributed by atoms with Gasteiger partial charge in [0, 0.05) is 11.8 Å². The summed E-state index contributed by atoms with van der Waals surface area (Å²) >= 11 is 5.76. The monoisotopic (exact) mass is 204 g/mol. The van der Waals surface area contributed by atoms with Gasteiger partial charge in [0.15, 0.2) is 5.79 Å². The minimum Gasteiger partial charge on any atom is -0.347 e. The maximum absolute atomic E-state index is 5.92. The highest BCUT2D eigenvalue weighted by molar-refractivity contribution is 6.18. The first-order valence-electron chi connectivity index (χ1n) is 4.97. The van der Waals surface area contributed by atoms with Crippen molar-refractivity contribution in [3.63, 3.8) is 0 Å². The molecule has 3 heteroatoms. The smallest absolute Gasteiger partial charge is 0.173 e. The quantitative estimate of drug-likeness (QED) is 0.612. The standard InChI is InChI=1S/C10H17ClO2/c1-9(2)4-3-5-10(9)12-7-8(6-11)13-10/h8H,3-7H2,1-2H3. The summed E-state index contributed by atoms with van der Waals surface area (Å²) in [5.41, 5.74) is 0.147. The lowest BCUT2D eigenvalue weighted by Gasteiger charge is -2.36. The average Bonchev–Trinajstić information content (AvgIpc) is 2.60. The molecule has 2 nitrogen and oxygen atoms in total. The van der Waals surface area contributed by atoms with Crippen molar-refractivity contribution in [2.24, 2.45) is 5.41 Å². The Kier molecular flexibility index (Phi) is 2.33. The maximum atomic E-state index is 5.92. The zero-order chi connectivity index (χ0) is 9.53. The van der Waals surface area contributed by atoms with Gasteiger partial charge in [0.2, 0.25) is 0 Å². The number of hydrogen-bond acceptors (Lipinski definition) is 2. The van der Waals surface area contributed by atoms with Crippen LogP contribution in [0.1, 0.15) is 33.1 Å². The van der Waals surface area contributed by atoms with Crippen molar-refractivity contribution >= 4 is 11.6 Å². The van der Waals surface area contributed by atoms with E-state index in [2.05, 4.69) is 13.8 Å². The van der Waals surface area contributed by atoms with E-state index in [0.717, 1.165) is 6.42 Å². The summed E-state index contributed by atoms with van der Waals surface area (Å²) in [7, 11) is 0. The second-order valence-electron chi connectivity index (χ2n) is 4.70. The van der Waals surface area contributed by atoms with Crippen molar-refractivity contribution in [3.8, 4) is 0 Å². The lowest BCUT2D eigenvalue weighted by atomic mass is 9.86. The summed E-state index contributed by atoms with van der Waals surface area (Å²) in [6.07, 6.45) is 3.50. The van der Waals surface area contributed by atoms with Gasteiger partial charge in [0.1, 0.15) is 0 Å². The molecule has 0 aromatic carbocycles. The third-order valence-corrected chi connectivity index (χ3v) is 3.71. The van der Waals surface area contributed by atoms with Gasteiger partial charge in [0.25, 0.3) is 0 Å². The molecular weight excluding hydrogens is 188 g/mol. The molecule has 0 bridgehead atoms. The Labute approximate surface area is 84.5 Å². The maximum Gasteiger partial charge on any atom is 0.173 e. The number of rotatable bonds is 1. The van der Waals surface area contributed by atoms with Crippen LogP contribution in [0.5, 0.6) is 0 Å². The van der Waals surface area contributed by atoms with Crippen molar-refractivity contribution < 1.29 is 9.47 Å². The summed E-state index contributed by atoms with van der Waals surface area (Å²) in [4.78, 5) is 0. The SMILES string of the molecule is CC1(C)CCCC12OCC(CCl)O2. The Morgan fingerprint density at radius 3 is 2.62 bits per heavy atom. The molecule has 1 aliphatic heterocycles. The fourth-order valence-electron chi connectivity index (χ4n) is 2.42. The largest absolute Gasteiger partial charge is 0.347 e. The highest BCUT2D eigenvalue weighted by Crippen LogP contribution is 2.51. The molecule has 1 saturated heterocycles. The van der Waals surface area contributed by atoms with E-state index in [4.69, 9.17) is 21.1 Å². The van der Waals surface area contributed by atoms with E-state index >= 15 is 0 Å². The zero-order valence-corrected chi connectivity index (χ0v) is 9.06. The molecule has 2 unspecified atom stereocenters. The van der Waals surface area contributed by atoms with Gasteiger partial charge in [-0.3, -0.25) is 0 Å². The van der Waals surface area contributed by atoms with E-state index in [1.807, 2.05) is 0 Å². The lowest BCUT2D eigenvalue weighted by molar-refractivity contribution is -0.218. The van der Waals surface area contributed by atoms with Crippen LogP contribution in [-0.4, -0.2) is 24.4 Å². The van der Waals surface area contributed by atoms with E-state index in [1.54, 1.807) is 0 Å².